The van der Waals surface area contributed by atoms with Gasteiger partial charge in [0.2, 0.25) is 0 Å². The van der Waals surface area contributed by atoms with Gasteiger partial charge in [0.1, 0.15) is 10.7 Å². The average Bonchev–Trinajstić information content (AvgIpc) is 2.57. The Hall–Kier alpha value is -1.30. The second-order valence-corrected chi connectivity index (χ2v) is 5.35. The molecule has 0 aromatic carbocycles. The molecular formula is C10H16N4OS. The molecule has 0 aliphatic heterocycles. The van der Waals surface area contributed by atoms with Crippen LogP contribution in [-0.2, 0) is 0 Å². The predicted molar refractivity (Wildman–Crippen MR) is 65.8 cm³/mol. The maximum atomic E-state index is 12.0. The zero-order valence-electron chi connectivity index (χ0n) is 9.46. The number of thiazole rings is 1. The van der Waals surface area contributed by atoms with E-state index in [9.17, 15) is 4.79 Å². The third-order valence-electron chi connectivity index (χ3n) is 2.95. The number of hydrogen-bond acceptors (Lipinski definition) is 5. The van der Waals surface area contributed by atoms with Crippen molar-refractivity contribution < 1.29 is 4.79 Å². The Kier molecular flexibility index (Phi) is 2.75. The van der Waals surface area contributed by atoms with Gasteiger partial charge >= 0.3 is 0 Å². The first kappa shape index (κ1) is 11.2. The Balaban J connectivity index is 2.11. The monoisotopic (exact) mass is 240 g/mol. The Morgan fingerprint density at radius 1 is 1.56 bits per heavy atom. The van der Waals surface area contributed by atoms with Gasteiger partial charge < -0.3 is 16.4 Å². The number of carbonyl (C=O) groups excluding carboxylic acids is 1. The van der Waals surface area contributed by atoms with E-state index in [1.807, 2.05) is 0 Å². The second kappa shape index (κ2) is 3.93. The summed E-state index contributed by atoms with van der Waals surface area (Å²) in [6.45, 7) is 2.06. The van der Waals surface area contributed by atoms with Crippen LogP contribution < -0.4 is 16.4 Å². The Bertz CT molecular complexity index is 411. The van der Waals surface area contributed by atoms with Crippen molar-refractivity contribution in [2.75, 3.05) is 18.1 Å². The third kappa shape index (κ3) is 1.97. The van der Waals surface area contributed by atoms with Crippen molar-refractivity contribution in [1.82, 2.24) is 10.3 Å². The molecule has 0 atom stereocenters. The first-order valence-corrected chi connectivity index (χ1v) is 6.12. The van der Waals surface area contributed by atoms with Crippen molar-refractivity contribution in [2.45, 2.75) is 31.7 Å². The highest BCUT2D eigenvalue weighted by Gasteiger charge is 2.34. The maximum absolute atomic E-state index is 12.0. The number of rotatable bonds is 3. The summed E-state index contributed by atoms with van der Waals surface area (Å²) in [5.41, 5.74) is 5.65. The van der Waals surface area contributed by atoms with E-state index in [0.717, 1.165) is 12.8 Å². The van der Waals surface area contributed by atoms with Gasteiger partial charge in [0.15, 0.2) is 5.13 Å². The standard InChI is InChI=1S/C10H16N4OS/c1-10(4-3-5-10)14-8(15)6-7(11)13-9(12-2)16-6/h3-5,11H2,1-2H3,(H,12,13)(H,14,15). The van der Waals surface area contributed by atoms with Crippen LogP contribution in [-0.4, -0.2) is 23.5 Å². The molecule has 5 nitrogen and oxygen atoms in total. The summed E-state index contributed by atoms with van der Waals surface area (Å²) >= 11 is 1.28. The van der Waals surface area contributed by atoms with Crippen LogP contribution in [0, 0.1) is 0 Å². The summed E-state index contributed by atoms with van der Waals surface area (Å²) in [6.07, 6.45) is 3.25. The number of aromatic nitrogens is 1. The Morgan fingerprint density at radius 3 is 2.69 bits per heavy atom. The molecule has 1 heterocycles. The molecule has 1 fully saturated rings. The van der Waals surface area contributed by atoms with Crippen LogP contribution in [0.2, 0.25) is 0 Å². The van der Waals surface area contributed by atoms with Crippen LogP contribution in [0.5, 0.6) is 0 Å². The molecule has 0 bridgehead atoms. The summed E-state index contributed by atoms with van der Waals surface area (Å²) in [5.74, 6) is 0.188. The maximum Gasteiger partial charge on any atom is 0.265 e. The molecule has 88 valence electrons. The summed E-state index contributed by atoms with van der Waals surface area (Å²) < 4.78 is 0. The van der Waals surface area contributed by atoms with Crippen molar-refractivity contribution in [2.24, 2.45) is 0 Å². The Morgan fingerprint density at radius 2 is 2.25 bits per heavy atom. The third-order valence-corrected chi connectivity index (χ3v) is 4.03. The molecule has 1 aliphatic carbocycles. The average molecular weight is 240 g/mol. The largest absolute Gasteiger partial charge is 0.382 e. The van der Waals surface area contributed by atoms with Gasteiger partial charge in [-0.25, -0.2) is 4.98 Å². The van der Waals surface area contributed by atoms with Crippen molar-refractivity contribution in [3.63, 3.8) is 0 Å². The lowest BCUT2D eigenvalue weighted by Gasteiger charge is -2.38. The molecule has 1 aliphatic rings. The van der Waals surface area contributed by atoms with E-state index in [1.54, 1.807) is 7.05 Å². The van der Waals surface area contributed by atoms with Crippen molar-refractivity contribution in [3.05, 3.63) is 4.88 Å². The highest BCUT2D eigenvalue weighted by atomic mass is 32.1. The number of hydrogen-bond donors (Lipinski definition) is 3. The first-order valence-electron chi connectivity index (χ1n) is 5.31. The summed E-state index contributed by atoms with van der Waals surface area (Å²) in [4.78, 5) is 16.5. The zero-order chi connectivity index (χ0) is 11.8. The fourth-order valence-electron chi connectivity index (χ4n) is 1.76. The number of nitrogen functional groups attached to an aromatic ring is 1. The molecule has 0 spiro atoms. The number of nitrogens with one attached hydrogen (secondary N) is 2. The van der Waals surface area contributed by atoms with Gasteiger partial charge in [-0.05, 0) is 26.2 Å². The first-order chi connectivity index (χ1) is 7.54. The highest BCUT2D eigenvalue weighted by Crippen LogP contribution is 2.32. The summed E-state index contributed by atoms with van der Waals surface area (Å²) in [6, 6.07) is 0. The molecule has 2 rings (SSSR count). The van der Waals surface area contributed by atoms with Crippen LogP contribution in [0.1, 0.15) is 35.9 Å². The van der Waals surface area contributed by atoms with Gasteiger partial charge in [-0.1, -0.05) is 11.3 Å². The van der Waals surface area contributed by atoms with Crippen molar-refractivity contribution in [3.8, 4) is 0 Å². The molecule has 1 amide bonds. The summed E-state index contributed by atoms with van der Waals surface area (Å²) in [7, 11) is 1.76. The smallest absolute Gasteiger partial charge is 0.265 e. The molecule has 4 N–H and O–H groups in total. The van der Waals surface area contributed by atoms with Gasteiger partial charge in [-0.15, -0.1) is 0 Å². The molecule has 16 heavy (non-hydrogen) atoms. The minimum Gasteiger partial charge on any atom is -0.382 e. The fraction of sp³-hybridized carbons (Fsp3) is 0.600. The van der Waals surface area contributed by atoms with E-state index >= 15 is 0 Å². The molecular weight excluding hydrogens is 224 g/mol. The van der Waals surface area contributed by atoms with Gasteiger partial charge in [0.25, 0.3) is 5.91 Å². The fourth-order valence-corrected chi connectivity index (χ4v) is 2.50. The van der Waals surface area contributed by atoms with Gasteiger partial charge in [-0.2, -0.15) is 0 Å². The molecule has 0 radical (unpaired) electrons. The predicted octanol–water partition coefficient (Wildman–Crippen LogP) is 1.44. The van der Waals surface area contributed by atoms with Crippen LogP contribution in [0.15, 0.2) is 0 Å². The highest BCUT2D eigenvalue weighted by molar-refractivity contribution is 7.18. The molecule has 1 aromatic rings. The number of nitrogens with zero attached hydrogens (tertiary/aromatic N) is 1. The molecule has 0 unspecified atom stereocenters. The van der Waals surface area contributed by atoms with E-state index < -0.39 is 0 Å². The quantitative estimate of drug-likeness (QED) is 0.747. The van der Waals surface area contributed by atoms with Crippen LogP contribution in [0.25, 0.3) is 0 Å². The van der Waals surface area contributed by atoms with Crippen LogP contribution in [0.4, 0.5) is 10.9 Å². The van der Waals surface area contributed by atoms with Gasteiger partial charge in [-0.3, -0.25) is 4.79 Å². The topological polar surface area (TPSA) is 80.0 Å². The van der Waals surface area contributed by atoms with Crippen molar-refractivity contribution in [1.29, 1.82) is 0 Å². The molecule has 1 aromatic heterocycles. The number of nitrogens with two attached hydrogens (primary N) is 1. The molecule has 1 saturated carbocycles. The molecule has 6 heteroatoms. The minimum atomic E-state index is -0.112. The van der Waals surface area contributed by atoms with Gasteiger partial charge in [0, 0.05) is 12.6 Å². The van der Waals surface area contributed by atoms with Crippen LogP contribution in [0.3, 0.4) is 0 Å². The lowest BCUT2D eigenvalue weighted by atomic mass is 9.78. The van der Waals surface area contributed by atoms with Crippen LogP contribution >= 0.6 is 11.3 Å². The van der Waals surface area contributed by atoms with E-state index in [0.29, 0.717) is 15.8 Å². The number of anilines is 2. The molecule has 0 saturated heterocycles. The lowest BCUT2D eigenvalue weighted by molar-refractivity contribution is 0.0855. The van der Waals surface area contributed by atoms with Crippen molar-refractivity contribution >= 4 is 28.2 Å². The minimum absolute atomic E-state index is 0.0483. The van der Waals surface area contributed by atoms with Gasteiger partial charge in [0.05, 0.1) is 0 Å². The number of amides is 1. The zero-order valence-corrected chi connectivity index (χ0v) is 10.3. The number of carbonyl (C=O) groups is 1. The lowest BCUT2D eigenvalue weighted by Crippen LogP contribution is -2.50. The van der Waals surface area contributed by atoms with E-state index in [1.165, 1.54) is 17.8 Å². The SMILES string of the molecule is CNc1nc(N)c(C(=O)NC2(C)CCC2)s1. The van der Waals surface area contributed by atoms with E-state index in [4.69, 9.17) is 5.73 Å². The second-order valence-electron chi connectivity index (χ2n) is 4.35. The summed E-state index contributed by atoms with van der Waals surface area (Å²) in [5, 5.41) is 6.56. The van der Waals surface area contributed by atoms with E-state index in [2.05, 4.69) is 22.5 Å². The van der Waals surface area contributed by atoms with E-state index in [-0.39, 0.29) is 11.4 Å². The Labute approximate surface area is 98.4 Å². The normalized spacial score (nSPS) is 17.6.